The Morgan fingerprint density at radius 1 is 0.933 bits per heavy atom. The first-order valence-corrected chi connectivity index (χ1v) is 26.8. The summed E-state index contributed by atoms with van der Waals surface area (Å²) in [6.07, 6.45) is -10.0. The van der Waals surface area contributed by atoms with Crippen molar-refractivity contribution in [1.29, 1.82) is 0 Å². The van der Waals surface area contributed by atoms with Crippen LogP contribution in [0.2, 0.25) is 5.02 Å². The lowest BCUT2D eigenvalue weighted by Crippen LogP contribution is -2.50. The number of nitrogens with one attached hydrogen (secondary N) is 1. The molecule has 0 bridgehead atoms. The molecule has 2 aromatic carbocycles. The first kappa shape index (κ1) is 56.7. The zero-order chi connectivity index (χ0) is 55.9. The number of fused-ring (bicyclic) bond motifs is 2. The Balaban J connectivity index is 1.49. The molecule has 7 rings (SSSR count). The van der Waals surface area contributed by atoms with E-state index >= 15 is 8.78 Å². The van der Waals surface area contributed by atoms with Crippen molar-refractivity contribution in [2.75, 3.05) is 23.4 Å². The van der Waals surface area contributed by atoms with Crippen LogP contribution in [-0.2, 0) is 67.5 Å². The van der Waals surface area contributed by atoms with E-state index in [1.807, 2.05) is 0 Å². The van der Waals surface area contributed by atoms with E-state index in [-0.39, 0.29) is 68.3 Å². The van der Waals surface area contributed by atoms with Gasteiger partial charge in [0.15, 0.2) is 21.3 Å². The lowest BCUT2D eigenvalue weighted by molar-refractivity contribution is -0.143. The molecular formula is C46H47ClF10N8O8S2. The number of amides is 3. The maximum absolute atomic E-state index is 15.8. The van der Waals surface area contributed by atoms with E-state index in [0.29, 0.717) is 17.2 Å². The summed E-state index contributed by atoms with van der Waals surface area (Å²) in [5.41, 5.74) is -5.64. The number of aliphatic carboxylic acids is 1. The number of aryl methyl sites for hydroxylation is 1. The van der Waals surface area contributed by atoms with Crippen LogP contribution in [0.15, 0.2) is 42.5 Å². The molecule has 0 radical (unpaired) electrons. The van der Waals surface area contributed by atoms with Gasteiger partial charge >= 0.3 is 24.4 Å². The number of likely N-dealkylation sites (tertiary alicyclic amines) is 1. The Bertz CT molecular complexity index is 3330. The molecule has 0 saturated carbocycles. The summed E-state index contributed by atoms with van der Waals surface area (Å²) < 4.78 is 200. The molecule has 3 aromatic heterocycles. The van der Waals surface area contributed by atoms with Crippen LogP contribution >= 0.6 is 11.6 Å². The number of rotatable bonds is 15. The number of carboxylic acids is 1. The Labute approximate surface area is 427 Å². The van der Waals surface area contributed by atoms with E-state index in [4.69, 9.17) is 16.6 Å². The zero-order valence-electron chi connectivity index (χ0n) is 40.4. The Kier molecular flexibility index (Phi) is 15.0. The summed E-state index contributed by atoms with van der Waals surface area (Å²) in [5, 5.41) is 18.5. The van der Waals surface area contributed by atoms with Gasteiger partial charge in [-0.05, 0) is 81.7 Å². The highest BCUT2D eigenvalue weighted by molar-refractivity contribution is 7.93. The van der Waals surface area contributed by atoms with Crippen molar-refractivity contribution >= 4 is 66.1 Å². The van der Waals surface area contributed by atoms with Crippen molar-refractivity contribution in [3.05, 3.63) is 93.0 Å². The van der Waals surface area contributed by atoms with Crippen LogP contribution in [0.5, 0.6) is 0 Å². The van der Waals surface area contributed by atoms with Gasteiger partial charge in [0.2, 0.25) is 15.9 Å². The van der Waals surface area contributed by atoms with Crippen molar-refractivity contribution in [1.82, 2.24) is 34.8 Å². The van der Waals surface area contributed by atoms with Crippen LogP contribution in [0.25, 0.3) is 22.0 Å². The molecule has 4 atom stereocenters. The van der Waals surface area contributed by atoms with Crippen molar-refractivity contribution in [2.24, 2.45) is 5.92 Å². The van der Waals surface area contributed by atoms with Gasteiger partial charge in [0.05, 0.1) is 38.7 Å². The van der Waals surface area contributed by atoms with Crippen molar-refractivity contribution in [3.63, 3.8) is 0 Å². The number of hydrogen-bond donors (Lipinski definition) is 2. The predicted octanol–water partition coefficient (Wildman–Crippen LogP) is 8.94. The number of carboxylic acid groups (broad SMARTS) is 1. The Morgan fingerprint density at radius 2 is 1.56 bits per heavy atom. The monoisotopic (exact) mass is 1130 g/mol. The summed E-state index contributed by atoms with van der Waals surface area (Å²) >= 11 is 6.68. The number of halogens is 11. The number of nitrogens with zero attached hydrogens (tertiary/aromatic N) is 7. The fourth-order valence-electron chi connectivity index (χ4n) is 9.35. The van der Waals surface area contributed by atoms with Crippen LogP contribution in [0.1, 0.15) is 92.8 Å². The second kappa shape index (κ2) is 19.8. The minimum Gasteiger partial charge on any atom is -0.480 e. The fourth-order valence-corrected chi connectivity index (χ4v) is 10.9. The standard InChI is InChI=1S/C46H47ClF10N8O8S2/c1-22-23(2)45(53,54)39-34(22)38(46(55,56)57)60-63(39)20-33(66)59-31(18-24-16-25(48)19-26(49)17-24)36-28(10-9-27(58-36)13-14-43(3,4)74(5,70)71)29-11-12-30(47)35-37(29)64(21-44(50,51)52)61-40(35)65(75(6,72)73)42(69)62-15-7-8-32(62)41(67)68/h9-12,16-17,19,22-23,31-32H,7-8,13-15,18,20-21H2,1-6H3,(H,59,66)(H,67,68)/t22-,23+,31-,32-/m0/s1. The van der Waals surface area contributed by atoms with Crippen LogP contribution in [0.3, 0.4) is 0 Å². The van der Waals surface area contributed by atoms with E-state index in [9.17, 15) is 71.4 Å². The third-order valence-electron chi connectivity index (χ3n) is 13.6. The van der Waals surface area contributed by atoms with Gasteiger partial charge in [-0.1, -0.05) is 37.6 Å². The van der Waals surface area contributed by atoms with Crippen LogP contribution in [-0.4, -0.2) is 105 Å². The number of sulfone groups is 1. The molecule has 1 aliphatic carbocycles. The maximum Gasteiger partial charge on any atom is 0.435 e. The predicted molar refractivity (Wildman–Crippen MR) is 251 cm³/mol. The number of carbonyl (C=O) groups is 3. The van der Waals surface area contributed by atoms with Gasteiger partial charge in [0.25, 0.3) is 5.92 Å². The van der Waals surface area contributed by atoms with Crippen molar-refractivity contribution in [3.8, 4) is 11.1 Å². The summed E-state index contributed by atoms with van der Waals surface area (Å²) in [6.45, 7) is 1.32. The number of benzene rings is 2. The van der Waals surface area contributed by atoms with Crippen molar-refractivity contribution in [2.45, 2.75) is 114 Å². The molecule has 0 spiro atoms. The third-order valence-corrected chi connectivity index (χ3v) is 17.1. The van der Waals surface area contributed by atoms with Gasteiger partial charge in [-0.15, -0.1) is 0 Å². The summed E-state index contributed by atoms with van der Waals surface area (Å²) in [6, 6.07) is 1.97. The van der Waals surface area contributed by atoms with Crippen LogP contribution in [0, 0.1) is 17.6 Å². The van der Waals surface area contributed by atoms with Gasteiger partial charge in [0.1, 0.15) is 36.5 Å². The minimum absolute atomic E-state index is 0.00625. The average molecular weight is 1130 g/mol. The molecule has 1 fully saturated rings. The molecule has 0 unspecified atom stereocenters. The highest BCUT2D eigenvalue weighted by atomic mass is 35.5. The van der Waals surface area contributed by atoms with Gasteiger partial charge in [0, 0.05) is 47.2 Å². The Morgan fingerprint density at radius 3 is 2.13 bits per heavy atom. The Hall–Kier alpha value is -6.03. The van der Waals surface area contributed by atoms with Crippen LogP contribution < -0.4 is 9.62 Å². The number of anilines is 1. The SMILES string of the molecule is C[C@@H]1c2c(C(F)(F)F)nn(CC(=O)N[C@@H](Cc3cc(F)cc(F)c3)c3nc(CCC(C)(C)S(C)(=O)=O)ccc3-c3ccc(Cl)c4c(N(C(=O)N5CCC[C@H]5C(=O)O)S(C)(=O)=O)nn(CC(F)(F)F)c34)c2C(F)(F)[C@@H]1C. The normalized spacial score (nSPS) is 18.6. The molecule has 3 amide bonds. The molecule has 1 saturated heterocycles. The number of aromatic nitrogens is 5. The van der Waals surface area contributed by atoms with E-state index < -0.39 is 160 Å². The van der Waals surface area contributed by atoms with Gasteiger partial charge in [-0.2, -0.15) is 49.6 Å². The lowest BCUT2D eigenvalue weighted by Gasteiger charge is -2.27. The molecule has 29 heteroatoms. The molecule has 4 heterocycles. The van der Waals surface area contributed by atoms with Crippen LogP contribution in [0.4, 0.5) is 54.5 Å². The van der Waals surface area contributed by atoms with Gasteiger partial charge < -0.3 is 15.3 Å². The molecule has 1 aliphatic heterocycles. The molecule has 5 aromatic rings. The minimum atomic E-state index is -5.27. The van der Waals surface area contributed by atoms with Crippen molar-refractivity contribution < 1.29 is 80.2 Å². The summed E-state index contributed by atoms with van der Waals surface area (Å²) in [5.74, 6) is -13.2. The molecule has 75 heavy (non-hydrogen) atoms. The van der Waals surface area contributed by atoms with Gasteiger partial charge in [-0.3, -0.25) is 19.1 Å². The van der Waals surface area contributed by atoms with E-state index in [0.717, 1.165) is 44.4 Å². The third kappa shape index (κ3) is 11.3. The summed E-state index contributed by atoms with van der Waals surface area (Å²) in [4.78, 5) is 46.0. The highest BCUT2D eigenvalue weighted by Gasteiger charge is 2.57. The number of hydrogen-bond acceptors (Lipinski definition) is 10. The van der Waals surface area contributed by atoms with E-state index in [1.165, 1.54) is 26.0 Å². The quantitative estimate of drug-likeness (QED) is 0.0947. The van der Waals surface area contributed by atoms with Gasteiger partial charge in [-0.25, -0.2) is 35.2 Å². The molecule has 2 N–H and O–H groups in total. The topological polar surface area (TPSA) is 207 Å². The maximum atomic E-state index is 15.8. The number of sulfonamides is 1. The number of pyridine rings is 1. The largest absolute Gasteiger partial charge is 0.480 e. The highest BCUT2D eigenvalue weighted by Crippen LogP contribution is 2.55. The number of urea groups is 1. The molecule has 408 valence electrons. The molecule has 16 nitrogen and oxygen atoms in total. The fraction of sp³-hybridized carbons (Fsp3) is 0.478. The first-order chi connectivity index (χ1) is 34.4. The molecular weight excluding hydrogens is 1080 g/mol. The molecule has 2 aliphatic rings. The zero-order valence-corrected chi connectivity index (χ0v) is 42.8. The number of alkyl halides is 8. The summed E-state index contributed by atoms with van der Waals surface area (Å²) in [7, 11) is -8.69. The van der Waals surface area contributed by atoms with E-state index in [2.05, 4.69) is 15.5 Å². The number of carbonyl (C=O) groups excluding carboxylic acids is 2. The average Bonchev–Trinajstić information content (AvgIpc) is 4.03. The first-order valence-electron chi connectivity index (χ1n) is 22.7. The smallest absolute Gasteiger partial charge is 0.435 e. The second-order valence-electron chi connectivity index (χ2n) is 19.3. The second-order valence-corrected chi connectivity index (χ2v) is 24.1. The van der Waals surface area contributed by atoms with E-state index in [1.54, 1.807) is 0 Å². The lowest BCUT2D eigenvalue weighted by atomic mass is 9.93.